The van der Waals surface area contributed by atoms with Gasteiger partial charge in [-0.3, -0.25) is 4.79 Å². The lowest BCUT2D eigenvalue weighted by atomic mass is 10.2. The molecular weight excluding hydrogens is 354 g/mol. The standard InChI is InChI=1S/C18H15N3O2S2/c1-11-12(2)25-18-16(11)17(20-10-21-18)24-9-15(22)23-8-14-5-3-13(7-19)4-6-14/h3-6,10H,8-9H2,1-2H3. The number of rotatable bonds is 5. The Morgan fingerprint density at radius 1 is 1.28 bits per heavy atom. The van der Waals surface area contributed by atoms with Crippen molar-refractivity contribution in [2.45, 2.75) is 25.5 Å². The zero-order chi connectivity index (χ0) is 17.8. The fraction of sp³-hybridized carbons (Fsp3) is 0.222. The molecule has 0 bridgehead atoms. The molecule has 2 aromatic heterocycles. The number of aryl methyl sites for hydroxylation is 2. The first-order chi connectivity index (χ1) is 12.1. The van der Waals surface area contributed by atoms with Crippen LogP contribution in [0.25, 0.3) is 10.2 Å². The predicted molar refractivity (Wildman–Crippen MR) is 98.6 cm³/mol. The fourth-order valence-corrected chi connectivity index (χ4v) is 4.18. The number of fused-ring (bicyclic) bond motifs is 1. The summed E-state index contributed by atoms with van der Waals surface area (Å²) >= 11 is 3.00. The highest BCUT2D eigenvalue weighted by atomic mass is 32.2. The molecule has 25 heavy (non-hydrogen) atoms. The van der Waals surface area contributed by atoms with Crippen LogP contribution >= 0.6 is 23.1 Å². The van der Waals surface area contributed by atoms with Crippen molar-refractivity contribution in [1.29, 1.82) is 5.26 Å². The van der Waals surface area contributed by atoms with Crippen LogP contribution in [0.2, 0.25) is 0 Å². The van der Waals surface area contributed by atoms with Gasteiger partial charge in [-0.05, 0) is 37.1 Å². The van der Waals surface area contributed by atoms with Crippen LogP contribution in [0.1, 0.15) is 21.6 Å². The van der Waals surface area contributed by atoms with Gasteiger partial charge in [0.2, 0.25) is 0 Å². The maximum absolute atomic E-state index is 12.0. The molecule has 3 rings (SSSR count). The number of ether oxygens (including phenoxy) is 1. The van der Waals surface area contributed by atoms with E-state index < -0.39 is 0 Å². The Morgan fingerprint density at radius 3 is 2.76 bits per heavy atom. The average Bonchev–Trinajstić information content (AvgIpc) is 2.93. The molecule has 0 spiro atoms. The molecule has 0 amide bonds. The van der Waals surface area contributed by atoms with Crippen molar-refractivity contribution in [1.82, 2.24) is 9.97 Å². The quantitative estimate of drug-likeness (QED) is 0.384. The van der Waals surface area contributed by atoms with Crippen LogP contribution in [0.3, 0.4) is 0 Å². The maximum atomic E-state index is 12.0. The van der Waals surface area contributed by atoms with Gasteiger partial charge < -0.3 is 4.74 Å². The van der Waals surface area contributed by atoms with Gasteiger partial charge in [-0.25, -0.2) is 9.97 Å². The molecule has 2 heterocycles. The average molecular weight is 369 g/mol. The summed E-state index contributed by atoms with van der Waals surface area (Å²) in [5, 5.41) is 10.6. The highest BCUT2D eigenvalue weighted by Gasteiger charge is 2.14. The van der Waals surface area contributed by atoms with Crippen LogP contribution in [0.5, 0.6) is 0 Å². The number of thiophene rings is 1. The lowest BCUT2D eigenvalue weighted by Gasteiger charge is -2.06. The second kappa shape index (κ2) is 7.64. The van der Waals surface area contributed by atoms with E-state index in [4.69, 9.17) is 10.00 Å². The second-order valence-electron chi connectivity index (χ2n) is 5.40. The maximum Gasteiger partial charge on any atom is 0.316 e. The Bertz CT molecular complexity index is 959. The Morgan fingerprint density at radius 2 is 2.04 bits per heavy atom. The van der Waals surface area contributed by atoms with E-state index in [0.717, 1.165) is 26.4 Å². The largest absolute Gasteiger partial charge is 0.460 e. The summed E-state index contributed by atoms with van der Waals surface area (Å²) in [6, 6.07) is 9.03. The summed E-state index contributed by atoms with van der Waals surface area (Å²) in [6.45, 7) is 4.30. The number of carbonyl (C=O) groups excluding carboxylic acids is 1. The van der Waals surface area contributed by atoms with Crippen molar-refractivity contribution >= 4 is 39.3 Å². The van der Waals surface area contributed by atoms with Crippen LogP contribution in [-0.4, -0.2) is 21.7 Å². The minimum atomic E-state index is -0.300. The molecule has 0 unspecified atom stereocenters. The van der Waals surface area contributed by atoms with E-state index >= 15 is 0 Å². The molecule has 5 nitrogen and oxygen atoms in total. The minimum absolute atomic E-state index is 0.191. The first-order valence-electron chi connectivity index (χ1n) is 7.56. The molecule has 0 radical (unpaired) electrons. The Hall–Kier alpha value is -2.43. The number of benzene rings is 1. The summed E-state index contributed by atoms with van der Waals surface area (Å²) in [6.07, 6.45) is 1.53. The molecule has 126 valence electrons. The monoisotopic (exact) mass is 369 g/mol. The molecule has 7 heteroatoms. The Balaban J connectivity index is 1.60. The summed E-state index contributed by atoms with van der Waals surface area (Å²) in [4.78, 5) is 22.8. The molecule has 0 fully saturated rings. The first-order valence-corrected chi connectivity index (χ1v) is 9.37. The first kappa shape index (κ1) is 17.4. The van der Waals surface area contributed by atoms with Crippen molar-refractivity contribution in [3.8, 4) is 6.07 Å². The van der Waals surface area contributed by atoms with E-state index in [1.54, 1.807) is 35.6 Å². The molecular formula is C18H15N3O2S2. The smallest absolute Gasteiger partial charge is 0.316 e. The molecule has 0 saturated heterocycles. The molecule has 0 saturated carbocycles. The molecule has 0 atom stereocenters. The van der Waals surface area contributed by atoms with E-state index in [1.807, 2.05) is 6.92 Å². The van der Waals surface area contributed by atoms with Crippen molar-refractivity contribution in [2.24, 2.45) is 0 Å². The molecule has 0 aliphatic carbocycles. The summed E-state index contributed by atoms with van der Waals surface area (Å²) in [5.74, 6) is -0.109. The van der Waals surface area contributed by atoms with Gasteiger partial charge in [0.25, 0.3) is 0 Å². The van der Waals surface area contributed by atoms with Crippen molar-refractivity contribution < 1.29 is 9.53 Å². The van der Waals surface area contributed by atoms with Gasteiger partial charge in [-0.1, -0.05) is 23.9 Å². The molecule has 1 aromatic carbocycles. The summed E-state index contributed by atoms with van der Waals surface area (Å²) in [5.41, 5.74) is 2.60. The molecule has 3 aromatic rings. The number of hydrogen-bond donors (Lipinski definition) is 0. The minimum Gasteiger partial charge on any atom is -0.460 e. The Labute approximate surface area is 153 Å². The van der Waals surface area contributed by atoms with Crippen molar-refractivity contribution in [2.75, 3.05) is 5.75 Å². The predicted octanol–water partition coefficient (Wildman–Crippen LogP) is 4.02. The second-order valence-corrected chi connectivity index (χ2v) is 7.57. The zero-order valence-electron chi connectivity index (χ0n) is 13.8. The van der Waals surface area contributed by atoms with Crippen molar-refractivity contribution in [3.63, 3.8) is 0 Å². The summed E-state index contributed by atoms with van der Waals surface area (Å²) < 4.78 is 5.29. The van der Waals surface area contributed by atoms with E-state index in [9.17, 15) is 4.79 Å². The highest BCUT2D eigenvalue weighted by Crippen LogP contribution is 2.34. The van der Waals surface area contributed by atoms with Crippen LogP contribution < -0.4 is 0 Å². The third-order valence-corrected chi connectivity index (χ3v) is 5.82. The number of nitrogens with zero attached hydrogens (tertiary/aromatic N) is 3. The number of carbonyl (C=O) groups is 1. The van der Waals surface area contributed by atoms with Crippen molar-refractivity contribution in [3.05, 3.63) is 52.2 Å². The van der Waals surface area contributed by atoms with Crippen LogP contribution in [0.15, 0.2) is 35.6 Å². The van der Waals surface area contributed by atoms with Gasteiger partial charge >= 0.3 is 5.97 Å². The highest BCUT2D eigenvalue weighted by molar-refractivity contribution is 8.00. The zero-order valence-corrected chi connectivity index (χ0v) is 15.4. The lowest BCUT2D eigenvalue weighted by molar-refractivity contribution is -0.141. The van der Waals surface area contributed by atoms with E-state index in [0.29, 0.717) is 5.56 Å². The number of nitriles is 1. The van der Waals surface area contributed by atoms with E-state index in [-0.39, 0.29) is 18.3 Å². The fourth-order valence-electron chi connectivity index (χ4n) is 2.27. The lowest BCUT2D eigenvalue weighted by Crippen LogP contribution is -2.07. The summed E-state index contributed by atoms with van der Waals surface area (Å²) in [7, 11) is 0. The van der Waals surface area contributed by atoms with E-state index in [1.165, 1.54) is 23.0 Å². The SMILES string of the molecule is Cc1sc2ncnc(SCC(=O)OCc3ccc(C#N)cc3)c2c1C. The van der Waals surface area contributed by atoms with E-state index in [2.05, 4.69) is 23.0 Å². The molecule has 0 aliphatic rings. The van der Waals surface area contributed by atoms with Gasteiger partial charge in [0, 0.05) is 10.3 Å². The number of hydrogen-bond acceptors (Lipinski definition) is 7. The normalized spacial score (nSPS) is 10.6. The Kier molecular flexibility index (Phi) is 5.31. The topological polar surface area (TPSA) is 75.9 Å². The number of esters is 1. The molecule has 0 aliphatic heterocycles. The van der Waals surface area contributed by atoms with Crippen LogP contribution in [0, 0.1) is 25.2 Å². The number of thioether (sulfide) groups is 1. The van der Waals surface area contributed by atoms with Gasteiger partial charge in [-0.15, -0.1) is 11.3 Å². The van der Waals surface area contributed by atoms with Gasteiger partial charge in [0.05, 0.1) is 17.4 Å². The van der Waals surface area contributed by atoms with Crippen LogP contribution in [0.4, 0.5) is 0 Å². The molecule has 0 N–H and O–H groups in total. The third kappa shape index (κ3) is 3.98. The van der Waals surface area contributed by atoms with Gasteiger partial charge in [0.15, 0.2) is 0 Å². The third-order valence-electron chi connectivity index (χ3n) is 3.74. The van der Waals surface area contributed by atoms with Crippen LogP contribution in [-0.2, 0) is 16.1 Å². The van der Waals surface area contributed by atoms with Gasteiger partial charge in [0.1, 0.15) is 22.8 Å². The van der Waals surface area contributed by atoms with Gasteiger partial charge in [-0.2, -0.15) is 5.26 Å². The number of aromatic nitrogens is 2.